The Bertz CT molecular complexity index is 474. The predicted octanol–water partition coefficient (Wildman–Crippen LogP) is 4.51. The van der Waals surface area contributed by atoms with Gasteiger partial charge in [-0.3, -0.25) is 4.98 Å². The Labute approximate surface area is 104 Å². The average molecular weight is 225 g/mol. The molecular formula is C16H19N. The van der Waals surface area contributed by atoms with Crippen molar-refractivity contribution in [2.45, 2.75) is 26.7 Å². The van der Waals surface area contributed by atoms with E-state index in [9.17, 15) is 0 Å². The van der Waals surface area contributed by atoms with Crippen LogP contribution < -0.4 is 0 Å². The van der Waals surface area contributed by atoms with Gasteiger partial charge in [-0.15, -0.1) is 0 Å². The summed E-state index contributed by atoms with van der Waals surface area (Å²) in [6.45, 7) is 6.79. The van der Waals surface area contributed by atoms with Crippen molar-refractivity contribution in [3.63, 3.8) is 0 Å². The molecular weight excluding hydrogens is 206 g/mol. The molecule has 0 amide bonds. The molecule has 1 unspecified atom stereocenters. The lowest BCUT2D eigenvalue weighted by atomic mass is 9.90. The van der Waals surface area contributed by atoms with Crippen LogP contribution >= 0.6 is 0 Å². The molecule has 0 aliphatic carbocycles. The molecule has 1 aromatic carbocycles. The lowest BCUT2D eigenvalue weighted by molar-refractivity contribution is 0.535. The summed E-state index contributed by atoms with van der Waals surface area (Å²) in [6, 6.07) is 14.7. The van der Waals surface area contributed by atoms with Gasteiger partial charge in [0.1, 0.15) is 0 Å². The summed E-state index contributed by atoms with van der Waals surface area (Å²) in [4.78, 5) is 4.45. The Morgan fingerprint density at radius 3 is 2.29 bits per heavy atom. The van der Waals surface area contributed by atoms with E-state index in [0.717, 1.165) is 5.69 Å². The molecule has 0 radical (unpaired) electrons. The molecule has 1 heterocycles. The van der Waals surface area contributed by atoms with Crippen LogP contribution in [0.1, 0.15) is 32.3 Å². The van der Waals surface area contributed by atoms with Gasteiger partial charge in [0.05, 0.1) is 5.69 Å². The van der Waals surface area contributed by atoms with Crippen molar-refractivity contribution in [3.8, 4) is 11.3 Å². The normalized spacial score (nSPS) is 12.7. The first-order chi connectivity index (χ1) is 8.18. The molecule has 1 heteroatoms. The van der Waals surface area contributed by atoms with Crippen molar-refractivity contribution < 1.29 is 0 Å². The Morgan fingerprint density at radius 1 is 0.941 bits per heavy atom. The van der Waals surface area contributed by atoms with E-state index in [1.165, 1.54) is 11.1 Å². The van der Waals surface area contributed by atoms with Crippen molar-refractivity contribution in [2.75, 3.05) is 0 Å². The molecule has 0 bridgehead atoms. The average Bonchev–Trinajstić information content (AvgIpc) is 2.39. The molecule has 1 aromatic heterocycles. The third kappa shape index (κ3) is 2.73. The van der Waals surface area contributed by atoms with Crippen LogP contribution in [0.5, 0.6) is 0 Å². The second-order valence-electron chi connectivity index (χ2n) is 4.87. The third-order valence-electron chi connectivity index (χ3n) is 3.38. The molecule has 1 atom stereocenters. The zero-order chi connectivity index (χ0) is 12.3. The van der Waals surface area contributed by atoms with Crippen molar-refractivity contribution in [3.05, 3.63) is 54.2 Å². The van der Waals surface area contributed by atoms with Gasteiger partial charge in [-0.1, -0.05) is 51.1 Å². The summed E-state index contributed by atoms with van der Waals surface area (Å²) >= 11 is 0. The molecule has 2 aromatic rings. The van der Waals surface area contributed by atoms with E-state index in [0.29, 0.717) is 11.8 Å². The fraction of sp³-hybridized carbons (Fsp3) is 0.312. The van der Waals surface area contributed by atoms with Crippen LogP contribution in [-0.2, 0) is 0 Å². The van der Waals surface area contributed by atoms with Crippen molar-refractivity contribution in [1.82, 2.24) is 4.98 Å². The van der Waals surface area contributed by atoms with Gasteiger partial charge < -0.3 is 0 Å². The van der Waals surface area contributed by atoms with Gasteiger partial charge in [-0.05, 0) is 29.5 Å². The molecule has 0 N–H and O–H groups in total. The van der Waals surface area contributed by atoms with Crippen molar-refractivity contribution in [2.24, 2.45) is 5.92 Å². The van der Waals surface area contributed by atoms with Gasteiger partial charge in [-0.2, -0.15) is 0 Å². The first-order valence-corrected chi connectivity index (χ1v) is 6.20. The molecule has 0 saturated carbocycles. The highest BCUT2D eigenvalue weighted by Gasteiger charge is 2.10. The molecule has 1 nitrogen and oxygen atoms in total. The van der Waals surface area contributed by atoms with Gasteiger partial charge in [0, 0.05) is 11.8 Å². The monoisotopic (exact) mass is 225 g/mol. The first-order valence-electron chi connectivity index (χ1n) is 6.20. The Kier molecular flexibility index (Phi) is 3.58. The standard InChI is InChI=1S/C16H19N/c1-12(2)13(3)15-9-10-17-16(11-15)14-7-5-4-6-8-14/h4-13H,1-3H3. The van der Waals surface area contributed by atoms with Crippen molar-refractivity contribution in [1.29, 1.82) is 0 Å². The van der Waals surface area contributed by atoms with Crippen LogP contribution in [0, 0.1) is 5.92 Å². The predicted molar refractivity (Wildman–Crippen MR) is 72.9 cm³/mol. The molecule has 2 rings (SSSR count). The third-order valence-corrected chi connectivity index (χ3v) is 3.38. The van der Waals surface area contributed by atoms with Gasteiger partial charge in [0.15, 0.2) is 0 Å². The smallest absolute Gasteiger partial charge is 0.0704 e. The van der Waals surface area contributed by atoms with Crippen LogP contribution in [0.4, 0.5) is 0 Å². The highest BCUT2D eigenvalue weighted by atomic mass is 14.7. The highest BCUT2D eigenvalue weighted by molar-refractivity contribution is 5.59. The number of aromatic nitrogens is 1. The van der Waals surface area contributed by atoms with E-state index in [1.807, 2.05) is 12.3 Å². The van der Waals surface area contributed by atoms with E-state index in [1.54, 1.807) is 0 Å². The zero-order valence-corrected chi connectivity index (χ0v) is 10.7. The minimum absolute atomic E-state index is 0.570. The number of hydrogen-bond acceptors (Lipinski definition) is 1. The Morgan fingerprint density at radius 2 is 1.65 bits per heavy atom. The summed E-state index contributed by atoms with van der Waals surface area (Å²) in [5.41, 5.74) is 3.62. The highest BCUT2D eigenvalue weighted by Crippen LogP contribution is 2.26. The van der Waals surface area contributed by atoms with Crippen LogP contribution in [0.15, 0.2) is 48.7 Å². The maximum atomic E-state index is 4.45. The quantitative estimate of drug-likeness (QED) is 0.749. The molecule has 0 aliphatic heterocycles. The summed E-state index contributed by atoms with van der Waals surface area (Å²) in [5, 5.41) is 0. The summed E-state index contributed by atoms with van der Waals surface area (Å²) < 4.78 is 0. The first kappa shape index (κ1) is 11.8. The van der Waals surface area contributed by atoms with E-state index >= 15 is 0 Å². The van der Waals surface area contributed by atoms with Crippen molar-refractivity contribution >= 4 is 0 Å². The minimum Gasteiger partial charge on any atom is -0.256 e. The number of pyridine rings is 1. The van der Waals surface area contributed by atoms with Crippen LogP contribution in [0.3, 0.4) is 0 Å². The minimum atomic E-state index is 0.570. The Balaban J connectivity index is 2.35. The fourth-order valence-electron chi connectivity index (χ4n) is 1.88. The number of benzene rings is 1. The molecule has 0 saturated heterocycles. The van der Waals surface area contributed by atoms with Gasteiger partial charge in [-0.25, -0.2) is 0 Å². The molecule has 17 heavy (non-hydrogen) atoms. The van der Waals surface area contributed by atoms with Crippen LogP contribution in [0.25, 0.3) is 11.3 Å². The van der Waals surface area contributed by atoms with Gasteiger partial charge >= 0.3 is 0 Å². The fourth-order valence-corrected chi connectivity index (χ4v) is 1.88. The van der Waals surface area contributed by atoms with Crippen LogP contribution in [0.2, 0.25) is 0 Å². The topological polar surface area (TPSA) is 12.9 Å². The number of rotatable bonds is 3. The molecule has 88 valence electrons. The second kappa shape index (κ2) is 5.13. The van der Waals surface area contributed by atoms with Crippen LogP contribution in [-0.4, -0.2) is 4.98 Å². The van der Waals surface area contributed by atoms with E-state index in [-0.39, 0.29) is 0 Å². The van der Waals surface area contributed by atoms with Gasteiger partial charge in [0.2, 0.25) is 0 Å². The lowest BCUT2D eigenvalue weighted by Crippen LogP contribution is -2.02. The Hall–Kier alpha value is -1.63. The summed E-state index contributed by atoms with van der Waals surface area (Å²) in [5.74, 6) is 1.22. The van der Waals surface area contributed by atoms with E-state index < -0.39 is 0 Å². The maximum Gasteiger partial charge on any atom is 0.0704 e. The maximum absolute atomic E-state index is 4.45. The van der Waals surface area contributed by atoms with E-state index in [4.69, 9.17) is 0 Å². The summed E-state index contributed by atoms with van der Waals surface area (Å²) in [6.07, 6.45) is 1.91. The van der Waals surface area contributed by atoms with Gasteiger partial charge in [0.25, 0.3) is 0 Å². The largest absolute Gasteiger partial charge is 0.256 e. The zero-order valence-electron chi connectivity index (χ0n) is 10.7. The lowest BCUT2D eigenvalue weighted by Gasteiger charge is -2.16. The molecule has 0 spiro atoms. The molecule has 0 fully saturated rings. The SMILES string of the molecule is CC(C)C(C)c1ccnc(-c2ccccc2)c1. The second-order valence-corrected chi connectivity index (χ2v) is 4.87. The number of nitrogens with zero attached hydrogens (tertiary/aromatic N) is 1. The molecule has 0 aliphatic rings. The summed E-state index contributed by atoms with van der Waals surface area (Å²) in [7, 11) is 0. The number of hydrogen-bond donors (Lipinski definition) is 0. The van der Waals surface area contributed by atoms with E-state index in [2.05, 4.69) is 62.2 Å².